The minimum atomic E-state index is -4.75. The highest BCUT2D eigenvalue weighted by Gasteiger charge is 2.37. The van der Waals surface area contributed by atoms with Crippen molar-refractivity contribution in [3.8, 4) is 0 Å². The Labute approximate surface area is 126 Å². The molecule has 0 bridgehead atoms. The van der Waals surface area contributed by atoms with Crippen LogP contribution in [0.1, 0.15) is 30.8 Å². The Balaban J connectivity index is 0.00000116. The van der Waals surface area contributed by atoms with Gasteiger partial charge in [-0.15, -0.1) is 0 Å². The van der Waals surface area contributed by atoms with E-state index in [-0.39, 0.29) is 23.4 Å². The van der Waals surface area contributed by atoms with E-state index >= 15 is 0 Å². The summed E-state index contributed by atoms with van der Waals surface area (Å²) in [5.41, 5.74) is -5.78. The number of alkyl halides is 5. The monoisotopic (exact) mass is 341 g/mol. The second kappa shape index (κ2) is 6.87. The molecule has 1 unspecified atom stereocenters. The van der Waals surface area contributed by atoms with Gasteiger partial charge in [0, 0.05) is 5.56 Å². The molecule has 1 aromatic carbocycles. The van der Waals surface area contributed by atoms with E-state index in [9.17, 15) is 22.0 Å². The van der Waals surface area contributed by atoms with E-state index in [1.807, 2.05) is 13.8 Å². The Morgan fingerprint density at radius 2 is 1.77 bits per heavy atom. The van der Waals surface area contributed by atoms with E-state index in [2.05, 4.69) is 15.3 Å². The van der Waals surface area contributed by atoms with Gasteiger partial charge in [0.1, 0.15) is 11.3 Å². The Kier molecular flexibility index (Phi) is 5.87. The van der Waals surface area contributed by atoms with Crippen LogP contribution in [0.15, 0.2) is 12.1 Å². The second-order valence-electron chi connectivity index (χ2n) is 4.25. The number of benzene rings is 1. The van der Waals surface area contributed by atoms with Gasteiger partial charge in [-0.1, -0.05) is 23.1 Å². The number of halogens is 5. The van der Waals surface area contributed by atoms with Gasteiger partial charge in [-0.25, -0.2) is 4.98 Å². The molecule has 124 valence electrons. The molecule has 22 heavy (non-hydrogen) atoms. The summed E-state index contributed by atoms with van der Waals surface area (Å²) in [5.74, 6) is 0.247. The van der Waals surface area contributed by atoms with Crippen molar-refractivity contribution >= 4 is 20.3 Å². The number of H-pyrrole nitrogens is 1. The van der Waals surface area contributed by atoms with Crippen LogP contribution in [0.2, 0.25) is 0 Å². The van der Waals surface area contributed by atoms with Crippen molar-refractivity contribution in [1.29, 1.82) is 0 Å². The van der Waals surface area contributed by atoms with Crippen molar-refractivity contribution in [2.45, 2.75) is 32.2 Å². The van der Waals surface area contributed by atoms with E-state index in [0.29, 0.717) is 6.07 Å². The largest absolute Gasteiger partial charge is 0.418 e. The molecular weight excluding hydrogens is 324 g/mol. The molecule has 2 aromatic rings. The zero-order valence-electron chi connectivity index (χ0n) is 12.3. The van der Waals surface area contributed by atoms with Crippen molar-refractivity contribution < 1.29 is 22.0 Å². The maximum absolute atomic E-state index is 13.3. The van der Waals surface area contributed by atoms with Gasteiger partial charge >= 0.3 is 6.18 Å². The molecule has 2 N–H and O–H groups in total. The lowest BCUT2D eigenvalue weighted by Gasteiger charge is -2.14. The summed E-state index contributed by atoms with van der Waals surface area (Å²) in [4.78, 5) is 6.41. The predicted octanol–water partition coefficient (Wildman–Crippen LogP) is 4.25. The van der Waals surface area contributed by atoms with Crippen molar-refractivity contribution in [3.05, 3.63) is 29.1 Å². The van der Waals surface area contributed by atoms with Crippen LogP contribution in [0.3, 0.4) is 0 Å². The summed E-state index contributed by atoms with van der Waals surface area (Å²) in [6.07, 6.45) is -4.75. The first kappa shape index (κ1) is 18.8. The lowest BCUT2D eigenvalue weighted by atomic mass is 10.1. The number of fused-ring (bicyclic) bond motifs is 1. The molecule has 0 fully saturated rings. The lowest BCUT2D eigenvalue weighted by molar-refractivity contribution is -0.136. The molecule has 0 aliphatic heterocycles. The van der Waals surface area contributed by atoms with Gasteiger partial charge in [0.05, 0.1) is 17.6 Å². The third kappa shape index (κ3) is 4.14. The van der Waals surface area contributed by atoms with Crippen LogP contribution in [-0.2, 0) is 18.4 Å². The summed E-state index contributed by atoms with van der Waals surface area (Å²) in [5, 5.41) is 2.72. The van der Waals surface area contributed by atoms with E-state index in [1.165, 1.54) is 9.24 Å². The van der Waals surface area contributed by atoms with Gasteiger partial charge in [0.2, 0.25) is 0 Å². The quantitative estimate of drug-likeness (QED) is 0.647. The molecule has 0 amide bonds. The summed E-state index contributed by atoms with van der Waals surface area (Å²) < 4.78 is 65.4. The molecule has 0 aliphatic rings. The molecule has 0 aliphatic carbocycles. The van der Waals surface area contributed by atoms with E-state index in [1.54, 1.807) is 7.05 Å². The van der Waals surface area contributed by atoms with Crippen molar-refractivity contribution in [2.75, 3.05) is 7.05 Å². The van der Waals surface area contributed by atoms with Crippen LogP contribution < -0.4 is 5.32 Å². The van der Waals surface area contributed by atoms with E-state index in [0.717, 1.165) is 6.07 Å². The van der Waals surface area contributed by atoms with Crippen LogP contribution in [0.5, 0.6) is 0 Å². The second-order valence-corrected chi connectivity index (χ2v) is 4.98. The number of imidazole rings is 1. The van der Waals surface area contributed by atoms with Gasteiger partial charge < -0.3 is 10.3 Å². The highest BCUT2D eigenvalue weighted by atomic mass is 31.0. The standard InChI is InChI=1S/C11H11F5N3P.C2H6/c1-17-4-8-18-7-3-5(11(15,16)20)2-6(9(7)19-8)10(12,13)14;1-2/h2-3,17H,4,20H2,1H3,(H,18,19);1-2H3. The Bertz CT molecular complexity index is 631. The van der Waals surface area contributed by atoms with Crippen LogP contribution >= 0.6 is 9.24 Å². The third-order valence-electron chi connectivity index (χ3n) is 2.67. The van der Waals surface area contributed by atoms with Crippen molar-refractivity contribution in [2.24, 2.45) is 0 Å². The van der Waals surface area contributed by atoms with Gasteiger partial charge in [-0.2, -0.15) is 22.0 Å². The molecule has 2 rings (SSSR count). The number of rotatable bonds is 3. The van der Waals surface area contributed by atoms with Gasteiger partial charge in [-0.05, 0) is 19.2 Å². The Morgan fingerprint density at radius 1 is 1.18 bits per heavy atom. The first-order valence-electron chi connectivity index (χ1n) is 6.54. The maximum atomic E-state index is 13.3. The number of aromatic nitrogens is 2. The normalized spacial score (nSPS) is 12.2. The zero-order chi connectivity index (χ0) is 17.1. The molecular formula is C13H17F5N3P. The van der Waals surface area contributed by atoms with Gasteiger partial charge in [0.15, 0.2) is 0 Å². The molecule has 0 saturated heterocycles. The fraction of sp³-hybridized carbons (Fsp3) is 0.462. The highest BCUT2D eigenvalue weighted by Crippen LogP contribution is 2.41. The lowest BCUT2D eigenvalue weighted by Crippen LogP contribution is -2.10. The Morgan fingerprint density at radius 3 is 2.23 bits per heavy atom. The van der Waals surface area contributed by atoms with E-state index in [4.69, 9.17) is 0 Å². The van der Waals surface area contributed by atoms with Crippen molar-refractivity contribution in [1.82, 2.24) is 15.3 Å². The summed E-state index contributed by atoms with van der Waals surface area (Å²) in [6, 6.07) is 1.41. The number of hydrogen-bond donors (Lipinski definition) is 2. The maximum Gasteiger partial charge on any atom is 0.418 e. The molecule has 3 nitrogen and oxygen atoms in total. The minimum absolute atomic E-state index is 0.0674. The SMILES string of the molecule is CC.CNCc1nc2c(C(F)(F)F)cc(C(F)(F)P)cc2[nH]1. The topological polar surface area (TPSA) is 40.7 Å². The summed E-state index contributed by atoms with van der Waals surface area (Å²) in [7, 11) is 2.82. The van der Waals surface area contributed by atoms with Crippen LogP contribution in [0, 0.1) is 0 Å². The first-order chi connectivity index (χ1) is 10.1. The predicted molar refractivity (Wildman–Crippen MR) is 78.8 cm³/mol. The Hall–Kier alpha value is -1.27. The molecule has 1 atom stereocenters. The molecule has 9 heteroatoms. The van der Waals surface area contributed by atoms with Gasteiger partial charge in [0.25, 0.3) is 5.66 Å². The first-order valence-corrected chi connectivity index (χ1v) is 7.12. The fourth-order valence-electron chi connectivity index (χ4n) is 1.83. The summed E-state index contributed by atoms with van der Waals surface area (Å²) in [6.45, 7) is 4.21. The molecule has 0 radical (unpaired) electrons. The van der Waals surface area contributed by atoms with E-state index < -0.39 is 23.0 Å². The molecule has 0 spiro atoms. The summed E-state index contributed by atoms with van der Waals surface area (Å²) >= 11 is 0. The van der Waals surface area contributed by atoms with Crippen LogP contribution in [0.4, 0.5) is 22.0 Å². The molecule has 0 saturated carbocycles. The van der Waals surface area contributed by atoms with Gasteiger partial charge in [-0.3, -0.25) is 0 Å². The average molecular weight is 341 g/mol. The highest BCUT2D eigenvalue weighted by molar-refractivity contribution is 7.17. The zero-order valence-corrected chi connectivity index (χ0v) is 13.4. The third-order valence-corrected chi connectivity index (χ3v) is 3.00. The average Bonchev–Trinajstić information content (AvgIpc) is 2.80. The molecule has 1 heterocycles. The number of nitrogens with zero attached hydrogens (tertiary/aromatic N) is 1. The molecule has 1 aromatic heterocycles. The fourth-order valence-corrected chi connectivity index (χ4v) is 1.99. The van der Waals surface area contributed by atoms with Crippen LogP contribution in [-0.4, -0.2) is 17.0 Å². The number of nitrogens with one attached hydrogen (secondary N) is 2. The van der Waals surface area contributed by atoms with Crippen LogP contribution in [0.25, 0.3) is 11.0 Å². The smallest absolute Gasteiger partial charge is 0.341 e. The number of hydrogen-bond acceptors (Lipinski definition) is 2. The van der Waals surface area contributed by atoms with Crippen molar-refractivity contribution in [3.63, 3.8) is 0 Å². The minimum Gasteiger partial charge on any atom is -0.341 e. The number of aromatic amines is 1.